The van der Waals surface area contributed by atoms with Crippen molar-refractivity contribution in [2.45, 2.75) is 25.8 Å². The maximum Gasteiger partial charge on any atom is 0.307 e. The van der Waals surface area contributed by atoms with E-state index in [-0.39, 0.29) is 23.7 Å². The van der Waals surface area contributed by atoms with E-state index in [0.29, 0.717) is 38.9 Å². The van der Waals surface area contributed by atoms with Gasteiger partial charge in [-0.05, 0) is 24.8 Å². The van der Waals surface area contributed by atoms with Crippen LogP contribution in [0.2, 0.25) is 0 Å². The van der Waals surface area contributed by atoms with E-state index in [1.807, 2.05) is 30.3 Å². The lowest BCUT2D eigenvalue weighted by Crippen LogP contribution is -2.43. The fourth-order valence-corrected chi connectivity index (χ4v) is 3.27. The third-order valence-corrected chi connectivity index (χ3v) is 4.91. The van der Waals surface area contributed by atoms with Crippen LogP contribution < -0.4 is 5.32 Å². The minimum Gasteiger partial charge on any atom is -0.481 e. The van der Waals surface area contributed by atoms with Crippen LogP contribution in [0.15, 0.2) is 30.3 Å². The Morgan fingerprint density at radius 3 is 2.33 bits per heavy atom. The summed E-state index contributed by atoms with van der Waals surface area (Å²) >= 11 is 0. The predicted octanol–water partition coefficient (Wildman–Crippen LogP) is 1.26. The molecule has 2 fully saturated rings. The zero-order chi connectivity index (χ0) is 17.1. The molecule has 2 amide bonds. The molecule has 0 bridgehead atoms. The third kappa shape index (κ3) is 3.75. The number of likely N-dealkylation sites (tertiary alicyclic amines) is 1. The molecule has 0 aromatic heterocycles. The average molecular weight is 330 g/mol. The fourth-order valence-electron chi connectivity index (χ4n) is 3.27. The van der Waals surface area contributed by atoms with E-state index in [4.69, 9.17) is 5.11 Å². The molecule has 1 saturated carbocycles. The van der Waals surface area contributed by atoms with Crippen LogP contribution in [0.3, 0.4) is 0 Å². The zero-order valence-corrected chi connectivity index (χ0v) is 13.5. The third-order valence-electron chi connectivity index (χ3n) is 4.91. The van der Waals surface area contributed by atoms with Crippen LogP contribution in [0.1, 0.15) is 24.8 Å². The van der Waals surface area contributed by atoms with Gasteiger partial charge in [0.15, 0.2) is 0 Å². The Balaban J connectivity index is 1.42. The summed E-state index contributed by atoms with van der Waals surface area (Å²) in [7, 11) is 0. The summed E-state index contributed by atoms with van der Waals surface area (Å²) in [6, 6.07) is 9.75. The molecule has 128 valence electrons. The minimum absolute atomic E-state index is 0.0285. The Morgan fingerprint density at radius 2 is 1.75 bits per heavy atom. The van der Waals surface area contributed by atoms with Crippen molar-refractivity contribution in [3.8, 4) is 0 Å². The number of hydrogen-bond acceptors (Lipinski definition) is 3. The fraction of sp³-hybridized carbons (Fsp3) is 0.500. The van der Waals surface area contributed by atoms with E-state index in [1.54, 1.807) is 4.90 Å². The van der Waals surface area contributed by atoms with Crippen molar-refractivity contribution in [3.05, 3.63) is 35.9 Å². The van der Waals surface area contributed by atoms with Crippen LogP contribution in [-0.4, -0.2) is 40.9 Å². The van der Waals surface area contributed by atoms with Gasteiger partial charge in [0.25, 0.3) is 0 Å². The normalized spacial score (nSPS) is 23.6. The van der Waals surface area contributed by atoms with Gasteiger partial charge in [-0.15, -0.1) is 0 Å². The number of nitrogens with zero attached hydrogens (tertiary/aromatic N) is 1. The standard InChI is InChI=1S/C18H22N2O4/c21-16(19-11-12-4-2-1-3-5-12)13-6-8-20(9-7-13)17(22)14-10-15(14)18(23)24/h1-5,13-15H,6-11H2,(H,19,21)(H,23,24). The quantitative estimate of drug-likeness (QED) is 0.851. The van der Waals surface area contributed by atoms with E-state index in [9.17, 15) is 14.4 Å². The van der Waals surface area contributed by atoms with Crippen LogP contribution in [-0.2, 0) is 20.9 Å². The van der Waals surface area contributed by atoms with Crippen molar-refractivity contribution < 1.29 is 19.5 Å². The number of hydrogen-bond donors (Lipinski definition) is 2. The molecule has 2 N–H and O–H groups in total. The first kappa shape index (κ1) is 16.5. The number of aliphatic carboxylic acids is 1. The first-order chi connectivity index (χ1) is 11.6. The molecule has 2 atom stereocenters. The molecular formula is C18H22N2O4. The smallest absolute Gasteiger partial charge is 0.307 e. The molecule has 0 radical (unpaired) electrons. The Bertz CT molecular complexity index is 623. The molecule has 1 aliphatic carbocycles. The van der Waals surface area contributed by atoms with Gasteiger partial charge in [0.05, 0.1) is 11.8 Å². The van der Waals surface area contributed by atoms with Crippen molar-refractivity contribution in [2.24, 2.45) is 17.8 Å². The number of carbonyl (C=O) groups is 3. The Hall–Kier alpha value is -2.37. The molecule has 2 aliphatic rings. The lowest BCUT2D eigenvalue weighted by Gasteiger charge is -2.31. The van der Waals surface area contributed by atoms with Gasteiger partial charge in [-0.2, -0.15) is 0 Å². The highest BCUT2D eigenvalue weighted by atomic mass is 16.4. The number of nitrogens with one attached hydrogen (secondary N) is 1. The van der Waals surface area contributed by atoms with Gasteiger partial charge in [-0.3, -0.25) is 14.4 Å². The zero-order valence-electron chi connectivity index (χ0n) is 13.5. The Kier molecular flexibility index (Phi) is 4.83. The van der Waals surface area contributed by atoms with Crippen LogP contribution >= 0.6 is 0 Å². The molecule has 1 aromatic carbocycles. The summed E-state index contributed by atoms with van der Waals surface area (Å²) in [4.78, 5) is 37.1. The molecule has 1 heterocycles. The highest BCUT2D eigenvalue weighted by molar-refractivity contribution is 5.89. The van der Waals surface area contributed by atoms with Crippen LogP contribution in [0, 0.1) is 17.8 Å². The first-order valence-electron chi connectivity index (χ1n) is 8.39. The summed E-state index contributed by atoms with van der Waals surface area (Å²) in [5.74, 6) is -1.86. The molecular weight excluding hydrogens is 308 g/mol. The van der Waals surface area contributed by atoms with Gasteiger partial charge in [-0.25, -0.2) is 0 Å². The summed E-state index contributed by atoms with van der Waals surface area (Å²) in [6.07, 6.45) is 1.72. The minimum atomic E-state index is -0.886. The van der Waals surface area contributed by atoms with Gasteiger partial charge in [0.1, 0.15) is 0 Å². The molecule has 24 heavy (non-hydrogen) atoms. The summed E-state index contributed by atoms with van der Waals surface area (Å²) in [5.41, 5.74) is 1.06. The highest BCUT2D eigenvalue weighted by Gasteiger charge is 2.50. The second kappa shape index (κ2) is 7.03. The number of rotatable bonds is 5. The molecule has 0 spiro atoms. The topological polar surface area (TPSA) is 86.7 Å². The number of carboxylic acid groups (broad SMARTS) is 1. The number of piperidine rings is 1. The van der Waals surface area contributed by atoms with Gasteiger partial charge in [-0.1, -0.05) is 30.3 Å². The van der Waals surface area contributed by atoms with Crippen molar-refractivity contribution in [1.29, 1.82) is 0 Å². The summed E-state index contributed by atoms with van der Waals surface area (Å²) in [5, 5.41) is 11.9. The van der Waals surface area contributed by atoms with E-state index in [2.05, 4.69) is 5.32 Å². The summed E-state index contributed by atoms with van der Waals surface area (Å²) < 4.78 is 0. The van der Waals surface area contributed by atoms with E-state index >= 15 is 0 Å². The van der Waals surface area contributed by atoms with Crippen LogP contribution in [0.25, 0.3) is 0 Å². The van der Waals surface area contributed by atoms with Gasteiger partial charge >= 0.3 is 5.97 Å². The SMILES string of the molecule is O=C(NCc1ccccc1)C1CCN(C(=O)C2CC2C(=O)O)CC1. The Morgan fingerprint density at radius 1 is 1.08 bits per heavy atom. The van der Waals surface area contributed by atoms with Crippen molar-refractivity contribution >= 4 is 17.8 Å². The molecule has 2 unspecified atom stereocenters. The van der Waals surface area contributed by atoms with Gasteiger partial charge in [0.2, 0.25) is 11.8 Å². The number of carboxylic acids is 1. The molecule has 1 aromatic rings. The van der Waals surface area contributed by atoms with Crippen molar-refractivity contribution in [2.75, 3.05) is 13.1 Å². The molecule has 1 aliphatic heterocycles. The van der Waals surface area contributed by atoms with Crippen LogP contribution in [0.5, 0.6) is 0 Å². The second-order valence-electron chi connectivity index (χ2n) is 6.59. The lowest BCUT2D eigenvalue weighted by atomic mass is 9.95. The first-order valence-corrected chi connectivity index (χ1v) is 8.39. The van der Waals surface area contributed by atoms with Gasteiger partial charge < -0.3 is 15.3 Å². The lowest BCUT2D eigenvalue weighted by molar-refractivity contribution is -0.142. The molecule has 1 saturated heterocycles. The van der Waals surface area contributed by atoms with Crippen molar-refractivity contribution in [1.82, 2.24) is 10.2 Å². The second-order valence-corrected chi connectivity index (χ2v) is 6.59. The highest BCUT2D eigenvalue weighted by Crippen LogP contribution is 2.40. The van der Waals surface area contributed by atoms with Gasteiger partial charge in [0, 0.05) is 25.6 Å². The van der Waals surface area contributed by atoms with Crippen LogP contribution in [0.4, 0.5) is 0 Å². The number of carbonyl (C=O) groups excluding carboxylic acids is 2. The predicted molar refractivity (Wildman–Crippen MR) is 86.8 cm³/mol. The van der Waals surface area contributed by atoms with E-state index < -0.39 is 11.9 Å². The monoisotopic (exact) mass is 330 g/mol. The molecule has 6 nitrogen and oxygen atoms in total. The number of amides is 2. The summed E-state index contributed by atoms with van der Waals surface area (Å²) in [6.45, 7) is 1.58. The number of benzene rings is 1. The average Bonchev–Trinajstić information content (AvgIpc) is 3.41. The Labute approximate surface area is 140 Å². The molecule has 3 rings (SSSR count). The largest absolute Gasteiger partial charge is 0.481 e. The van der Waals surface area contributed by atoms with E-state index in [0.717, 1.165) is 5.56 Å². The van der Waals surface area contributed by atoms with E-state index in [1.165, 1.54) is 0 Å². The van der Waals surface area contributed by atoms with Crippen molar-refractivity contribution in [3.63, 3.8) is 0 Å². The maximum absolute atomic E-state index is 12.2. The maximum atomic E-state index is 12.2. The molecule has 6 heteroatoms.